The normalized spacial score (nSPS) is 14.7. The number of hydrogen-bond acceptors (Lipinski definition) is 3. The van der Waals surface area contributed by atoms with Crippen LogP contribution < -0.4 is 5.32 Å². The van der Waals surface area contributed by atoms with Crippen LogP contribution in [-0.2, 0) is 13.1 Å². The van der Waals surface area contributed by atoms with Crippen molar-refractivity contribution in [1.82, 2.24) is 20.0 Å². The molecule has 4 rings (SSSR count). The topological polar surface area (TPSA) is 50.2 Å². The third-order valence-corrected chi connectivity index (χ3v) is 5.54. The van der Waals surface area contributed by atoms with Crippen LogP contribution in [-0.4, -0.2) is 33.7 Å². The van der Waals surface area contributed by atoms with Crippen molar-refractivity contribution in [3.05, 3.63) is 83.2 Å². The Morgan fingerprint density at radius 2 is 1.62 bits per heavy atom. The van der Waals surface area contributed by atoms with E-state index in [4.69, 9.17) is 0 Å². The summed E-state index contributed by atoms with van der Waals surface area (Å²) in [4.78, 5) is 15.0. The van der Waals surface area contributed by atoms with E-state index in [0.29, 0.717) is 12.1 Å². The minimum Gasteiger partial charge on any atom is -0.348 e. The number of amides is 1. The van der Waals surface area contributed by atoms with Crippen molar-refractivity contribution >= 4 is 5.91 Å². The van der Waals surface area contributed by atoms with E-state index in [9.17, 15) is 4.79 Å². The molecule has 0 saturated carbocycles. The molecule has 0 atom stereocenters. The maximum absolute atomic E-state index is 12.5. The average Bonchev–Trinajstić information content (AvgIpc) is 3.20. The van der Waals surface area contributed by atoms with Crippen molar-refractivity contribution < 1.29 is 4.79 Å². The number of benzene rings is 2. The number of nitrogens with zero attached hydrogens (tertiary/aromatic N) is 3. The van der Waals surface area contributed by atoms with Crippen LogP contribution in [0.3, 0.4) is 0 Å². The second kappa shape index (κ2) is 9.05. The Hall–Kier alpha value is -2.92. The van der Waals surface area contributed by atoms with Gasteiger partial charge >= 0.3 is 0 Å². The van der Waals surface area contributed by atoms with Gasteiger partial charge in [-0.15, -0.1) is 0 Å². The minimum absolute atomic E-state index is 0.0638. The molecule has 2 aromatic carbocycles. The number of carbonyl (C=O) groups is 1. The molecule has 0 aliphatic carbocycles. The summed E-state index contributed by atoms with van der Waals surface area (Å²) in [6, 6.07) is 18.1. The van der Waals surface area contributed by atoms with Crippen LogP contribution in [0.2, 0.25) is 0 Å². The van der Waals surface area contributed by atoms with E-state index in [1.165, 1.54) is 37.9 Å². The molecule has 1 fully saturated rings. The fraction of sp³-hybridized carbons (Fsp3) is 0.333. The van der Waals surface area contributed by atoms with Gasteiger partial charge in [-0.05, 0) is 74.3 Å². The van der Waals surface area contributed by atoms with Crippen molar-refractivity contribution in [2.45, 2.75) is 39.3 Å². The molecular weight excluding hydrogens is 360 g/mol. The van der Waals surface area contributed by atoms with E-state index in [2.05, 4.69) is 39.6 Å². The van der Waals surface area contributed by atoms with Gasteiger partial charge < -0.3 is 5.32 Å². The molecule has 1 N–H and O–H groups in total. The molecule has 29 heavy (non-hydrogen) atoms. The van der Waals surface area contributed by atoms with Crippen LogP contribution >= 0.6 is 0 Å². The number of aromatic nitrogens is 2. The van der Waals surface area contributed by atoms with Crippen LogP contribution in [0.5, 0.6) is 0 Å². The first-order valence-electron chi connectivity index (χ1n) is 10.4. The highest BCUT2D eigenvalue weighted by Gasteiger charge is 2.11. The van der Waals surface area contributed by atoms with E-state index in [-0.39, 0.29) is 5.91 Å². The summed E-state index contributed by atoms with van der Waals surface area (Å²) in [6.07, 6.45) is 5.76. The smallest absolute Gasteiger partial charge is 0.251 e. The van der Waals surface area contributed by atoms with Crippen molar-refractivity contribution in [1.29, 1.82) is 0 Å². The fourth-order valence-corrected chi connectivity index (χ4v) is 3.82. The maximum atomic E-state index is 12.5. The second-order valence-electron chi connectivity index (χ2n) is 7.77. The zero-order valence-corrected chi connectivity index (χ0v) is 17.0. The molecule has 1 saturated heterocycles. The monoisotopic (exact) mass is 388 g/mol. The molecule has 1 aromatic heterocycles. The predicted octanol–water partition coefficient (Wildman–Crippen LogP) is 4.10. The Kier molecular flexibility index (Phi) is 6.06. The summed E-state index contributed by atoms with van der Waals surface area (Å²) in [7, 11) is 0. The lowest BCUT2D eigenvalue weighted by molar-refractivity contribution is 0.0951. The van der Waals surface area contributed by atoms with Gasteiger partial charge in [-0.3, -0.25) is 9.69 Å². The standard InChI is InChI=1S/C24H28N4O/c1-19-13-14-26-28(19)23-11-9-22(10-12-23)24(29)25-17-20-5-7-21(8-6-20)18-27-15-3-2-4-16-27/h5-14H,2-4,15-18H2,1H3,(H,25,29). The summed E-state index contributed by atoms with van der Waals surface area (Å²) in [5.74, 6) is -0.0638. The van der Waals surface area contributed by atoms with E-state index < -0.39 is 0 Å². The van der Waals surface area contributed by atoms with Crippen LogP contribution in [0.15, 0.2) is 60.8 Å². The van der Waals surface area contributed by atoms with Gasteiger partial charge in [0.2, 0.25) is 0 Å². The lowest BCUT2D eigenvalue weighted by Crippen LogP contribution is -2.29. The molecule has 1 aliphatic heterocycles. The summed E-state index contributed by atoms with van der Waals surface area (Å²) in [5.41, 5.74) is 5.12. The molecule has 0 spiro atoms. The summed E-state index contributed by atoms with van der Waals surface area (Å²) in [5, 5.41) is 7.30. The predicted molar refractivity (Wildman–Crippen MR) is 115 cm³/mol. The summed E-state index contributed by atoms with van der Waals surface area (Å²) in [6.45, 7) is 5.97. The minimum atomic E-state index is -0.0638. The molecule has 1 amide bonds. The highest BCUT2D eigenvalue weighted by atomic mass is 16.1. The third-order valence-electron chi connectivity index (χ3n) is 5.54. The summed E-state index contributed by atoms with van der Waals surface area (Å²) >= 11 is 0. The quantitative estimate of drug-likeness (QED) is 0.692. The molecule has 150 valence electrons. The molecule has 5 heteroatoms. The molecule has 1 aliphatic rings. The molecule has 0 unspecified atom stereocenters. The Morgan fingerprint density at radius 3 is 2.28 bits per heavy atom. The number of hydrogen-bond donors (Lipinski definition) is 1. The Morgan fingerprint density at radius 1 is 0.931 bits per heavy atom. The average molecular weight is 389 g/mol. The summed E-state index contributed by atoms with van der Waals surface area (Å²) < 4.78 is 1.85. The molecule has 0 bridgehead atoms. The SMILES string of the molecule is Cc1ccnn1-c1ccc(C(=O)NCc2ccc(CN3CCCCC3)cc2)cc1. The Bertz CT molecular complexity index is 938. The molecule has 2 heterocycles. The van der Waals surface area contributed by atoms with Gasteiger partial charge in [-0.1, -0.05) is 30.7 Å². The first-order valence-corrected chi connectivity index (χ1v) is 10.4. The van der Waals surface area contributed by atoms with E-state index in [0.717, 1.165) is 23.5 Å². The van der Waals surface area contributed by atoms with Crippen molar-refractivity contribution in [3.63, 3.8) is 0 Å². The first-order chi connectivity index (χ1) is 14.2. The third kappa shape index (κ3) is 4.93. The van der Waals surface area contributed by atoms with Gasteiger partial charge in [-0.2, -0.15) is 5.10 Å². The Labute approximate surface area is 172 Å². The van der Waals surface area contributed by atoms with Crippen LogP contribution in [0, 0.1) is 6.92 Å². The van der Waals surface area contributed by atoms with Crippen molar-refractivity contribution in [3.8, 4) is 5.69 Å². The lowest BCUT2D eigenvalue weighted by Gasteiger charge is -2.26. The number of rotatable bonds is 6. The van der Waals surface area contributed by atoms with E-state index in [1.54, 1.807) is 6.20 Å². The van der Waals surface area contributed by atoms with Crippen LogP contribution in [0.4, 0.5) is 0 Å². The van der Waals surface area contributed by atoms with Crippen LogP contribution in [0.1, 0.15) is 46.4 Å². The molecule has 5 nitrogen and oxygen atoms in total. The van der Waals surface area contributed by atoms with E-state index >= 15 is 0 Å². The molecule has 0 radical (unpaired) electrons. The van der Waals surface area contributed by atoms with Gasteiger partial charge in [0.1, 0.15) is 0 Å². The number of aryl methyl sites for hydroxylation is 1. The number of likely N-dealkylation sites (tertiary alicyclic amines) is 1. The van der Waals surface area contributed by atoms with E-state index in [1.807, 2.05) is 41.9 Å². The van der Waals surface area contributed by atoms with Gasteiger partial charge in [-0.25, -0.2) is 4.68 Å². The van der Waals surface area contributed by atoms with Crippen molar-refractivity contribution in [2.75, 3.05) is 13.1 Å². The highest BCUT2D eigenvalue weighted by molar-refractivity contribution is 5.94. The number of piperidine rings is 1. The van der Waals surface area contributed by atoms with Gasteiger partial charge in [0, 0.05) is 30.5 Å². The lowest BCUT2D eigenvalue weighted by atomic mass is 10.1. The van der Waals surface area contributed by atoms with Gasteiger partial charge in [0.15, 0.2) is 0 Å². The molecular formula is C24H28N4O. The number of nitrogens with one attached hydrogen (secondary N) is 1. The second-order valence-corrected chi connectivity index (χ2v) is 7.77. The van der Waals surface area contributed by atoms with Gasteiger partial charge in [0.05, 0.1) is 5.69 Å². The Balaban J connectivity index is 1.30. The first kappa shape index (κ1) is 19.4. The highest BCUT2D eigenvalue weighted by Crippen LogP contribution is 2.14. The zero-order valence-electron chi connectivity index (χ0n) is 17.0. The van der Waals surface area contributed by atoms with Crippen molar-refractivity contribution in [2.24, 2.45) is 0 Å². The number of carbonyl (C=O) groups excluding carboxylic acids is 1. The maximum Gasteiger partial charge on any atom is 0.251 e. The largest absolute Gasteiger partial charge is 0.348 e. The van der Waals surface area contributed by atoms with Gasteiger partial charge in [0.25, 0.3) is 5.91 Å². The van der Waals surface area contributed by atoms with Crippen LogP contribution in [0.25, 0.3) is 5.69 Å². The zero-order chi connectivity index (χ0) is 20.1. The molecule has 3 aromatic rings. The fourth-order valence-electron chi connectivity index (χ4n) is 3.82.